The number of nitrogens with zero attached hydrogens (tertiary/aromatic N) is 1. The van der Waals surface area contributed by atoms with Crippen molar-refractivity contribution in [2.75, 3.05) is 57.9 Å². The zero-order chi connectivity index (χ0) is 87.4. The predicted octanol–water partition coefficient (Wildman–Crippen LogP) is 27.6. The van der Waals surface area contributed by atoms with Crippen LogP contribution in [0.1, 0.15) is 431 Å². The molecule has 0 fully saturated rings. The summed E-state index contributed by atoms with van der Waals surface area (Å²) in [6.07, 6.45) is 64.9. The highest BCUT2D eigenvalue weighted by atomic mass is 79.9. The number of hydrogen-bond donors (Lipinski definition) is 4. The molecule has 0 heterocycles. The van der Waals surface area contributed by atoms with Gasteiger partial charge in [0.15, 0.2) is 0 Å². The SMILES string of the molecule is CCCCCCCCC(CCCCCC)COC(=O)CCCCCBr.CCCCCCCCC(CCCCCC)COC(=O)CCCCCN(CCCCCC(=O)OCC(CCCCCC)CCCCCCCC)CCCCC(=O)OCc1ccccc1.NCCCCC(=O)CCc1ccccc1.NCCCCC(=O)O.OCc1ccccc1. The minimum Gasteiger partial charge on any atom is -0.481 e. The molecule has 0 spiro atoms. The summed E-state index contributed by atoms with van der Waals surface area (Å²) in [5.74, 6) is 0.992. The molecule has 0 aliphatic rings. The van der Waals surface area contributed by atoms with Crippen molar-refractivity contribution in [3.63, 3.8) is 0 Å². The third-order valence-corrected chi connectivity index (χ3v) is 22.7. The predicted molar refractivity (Wildman–Crippen MR) is 505 cm³/mol. The van der Waals surface area contributed by atoms with Crippen molar-refractivity contribution in [3.05, 3.63) is 108 Å². The topological polar surface area (TPSA) is 235 Å². The summed E-state index contributed by atoms with van der Waals surface area (Å²) in [6, 6.07) is 29.5. The molecule has 3 unspecified atom stereocenters. The van der Waals surface area contributed by atoms with E-state index in [4.69, 9.17) is 40.6 Å². The summed E-state index contributed by atoms with van der Waals surface area (Å²) >= 11 is 3.43. The molecule has 3 atom stereocenters. The van der Waals surface area contributed by atoms with Crippen LogP contribution in [0, 0.1) is 17.8 Å². The number of ketones is 1. The van der Waals surface area contributed by atoms with Crippen LogP contribution < -0.4 is 11.5 Å². The fraction of sp³-hybridized carbons (Fsp3) is 0.767. The Morgan fingerprint density at radius 2 is 0.597 bits per heavy atom. The lowest BCUT2D eigenvalue weighted by Crippen LogP contribution is -2.27. The fourth-order valence-electron chi connectivity index (χ4n) is 14.4. The van der Waals surface area contributed by atoms with E-state index in [9.17, 15) is 28.8 Å². The number of unbranched alkanes of at least 4 members (excludes halogenated alkanes) is 33. The van der Waals surface area contributed by atoms with E-state index in [1.807, 2.05) is 78.9 Å². The van der Waals surface area contributed by atoms with E-state index in [1.54, 1.807) is 0 Å². The van der Waals surface area contributed by atoms with Crippen LogP contribution in [0.4, 0.5) is 0 Å². The molecule has 0 aromatic heterocycles. The maximum atomic E-state index is 12.8. The van der Waals surface area contributed by atoms with E-state index in [0.29, 0.717) is 108 Å². The molecule has 0 saturated heterocycles. The van der Waals surface area contributed by atoms with Crippen LogP contribution in [0.3, 0.4) is 0 Å². The Hall–Kier alpha value is -5.00. The van der Waals surface area contributed by atoms with Crippen molar-refractivity contribution in [1.29, 1.82) is 0 Å². The van der Waals surface area contributed by atoms with Gasteiger partial charge in [-0.15, -0.1) is 0 Å². The molecular formula is C103H182BrN3O12. The number of carboxylic acid groups (broad SMARTS) is 1. The highest BCUT2D eigenvalue weighted by Crippen LogP contribution is 2.24. The average molecular weight is 1730 g/mol. The highest BCUT2D eigenvalue weighted by molar-refractivity contribution is 9.09. The molecule has 119 heavy (non-hydrogen) atoms. The van der Waals surface area contributed by atoms with Gasteiger partial charge in [0, 0.05) is 50.3 Å². The average Bonchev–Trinajstić information content (AvgIpc) is 0.955. The second-order valence-electron chi connectivity index (χ2n) is 33.5. The van der Waals surface area contributed by atoms with Gasteiger partial charge in [-0.05, 0) is 189 Å². The molecular weight excluding hydrogens is 1550 g/mol. The first kappa shape index (κ1) is 116. The van der Waals surface area contributed by atoms with Gasteiger partial charge in [0.05, 0.1) is 26.4 Å². The minimum absolute atomic E-state index is 0.0103. The van der Waals surface area contributed by atoms with Crippen LogP contribution in [0.25, 0.3) is 0 Å². The highest BCUT2D eigenvalue weighted by Gasteiger charge is 2.17. The van der Waals surface area contributed by atoms with Crippen LogP contribution >= 0.6 is 15.9 Å². The van der Waals surface area contributed by atoms with E-state index in [-0.39, 0.29) is 36.9 Å². The second kappa shape index (κ2) is 93.7. The Bertz CT molecular complexity index is 2580. The number of rotatable bonds is 78. The standard InChI is InChI=1S/C56H101NO6.C22H43BrO2.C13H19NO.C7H8O.C5H11NO2/c1-5-9-13-17-19-26-38-51(36-24-15-11-7-3)48-61-54(58)42-30-22-33-45-57(47-35-32-44-56(60)63-50-53-40-28-21-29-41-53)46-34-23-31-43-55(59)62-49-52(37-25-16-12-8-4)39-27-20-18-14-10-6-2;1-3-5-7-9-10-13-17-21(16-12-8-6-4-2)20-25-22(24)18-14-11-15-19-23;14-11-5-4-8-13(15)10-9-12-6-2-1-3-7-12;8-6-7-4-2-1-3-5-7;6-4-2-1-3-5(7)8/h21,28-29,40-41,51-52H,5-20,22-27,30-39,42-50H2,1-4H3;21H,3-20H2,1-2H3;1-3,6-7H,4-5,8-11,14H2;1-5,8H,6H2;1-4,6H2,(H,7,8). The number of ether oxygens (including phenoxy) is 4. The van der Waals surface area contributed by atoms with Crippen molar-refractivity contribution in [3.8, 4) is 0 Å². The van der Waals surface area contributed by atoms with E-state index in [2.05, 4.69) is 74.5 Å². The first-order valence-corrected chi connectivity index (χ1v) is 50.1. The first-order valence-electron chi connectivity index (χ1n) is 49.0. The molecule has 0 bridgehead atoms. The Labute approximate surface area is 738 Å². The van der Waals surface area contributed by atoms with Gasteiger partial charge in [-0.1, -0.05) is 360 Å². The van der Waals surface area contributed by atoms with Gasteiger partial charge in [-0.2, -0.15) is 0 Å². The molecule has 6 N–H and O–H groups in total. The lowest BCUT2D eigenvalue weighted by Gasteiger charge is -2.22. The number of nitrogens with two attached hydrogens (primary N) is 2. The molecule has 3 rings (SSSR count). The Morgan fingerprint density at radius 3 is 0.924 bits per heavy atom. The molecule has 3 aromatic carbocycles. The largest absolute Gasteiger partial charge is 0.481 e. The molecule has 0 aliphatic heterocycles. The van der Waals surface area contributed by atoms with Crippen LogP contribution in [0.15, 0.2) is 91.0 Å². The maximum absolute atomic E-state index is 12.8. The van der Waals surface area contributed by atoms with Gasteiger partial charge in [-0.3, -0.25) is 28.8 Å². The number of Topliss-reactive ketones (excluding diaryl/α,β-unsaturated/α-hetero) is 1. The van der Waals surface area contributed by atoms with E-state index in [0.717, 1.165) is 132 Å². The number of carboxylic acids is 1. The van der Waals surface area contributed by atoms with Crippen LogP contribution in [-0.4, -0.2) is 109 Å². The number of aliphatic hydroxyl groups is 1. The first-order chi connectivity index (χ1) is 58.2. The van der Waals surface area contributed by atoms with Gasteiger partial charge >= 0.3 is 29.8 Å². The number of carbonyl (C=O) groups excluding carboxylic acids is 5. The Kier molecular flexibility index (Phi) is 91.4. The molecule has 0 radical (unpaired) electrons. The van der Waals surface area contributed by atoms with Crippen molar-refractivity contribution in [2.24, 2.45) is 29.2 Å². The van der Waals surface area contributed by atoms with Gasteiger partial charge < -0.3 is 45.5 Å². The Balaban J connectivity index is 0. The van der Waals surface area contributed by atoms with Gasteiger partial charge in [0.2, 0.25) is 0 Å². The summed E-state index contributed by atoms with van der Waals surface area (Å²) in [5.41, 5.74) is 13.7. The molecule has 688 valence electrons. The number of esters is 4. The second-order valence-corrected chi connectivity index (χ2v) is 34.3. The number of halogens is 1. The smallest absolute Gasteiger partial charge is 0.306 e. The van der Waals surface area contributed by atoms with E-state index >= 15 is 0 Å². The lowest BCUT2D eigenvalue weighted by molar-refractivity contribution is -0.146. The number of alkyl halides is 1. The molecule has 0 amide bonds. The summed E-state index contributed by atoms with van der Waals surface area (Å²) in [4.78, 5) is 73.7. The molecule has 0 aliphatic carbocycles. The monoisotopic (exact) mass is 1730 g/mol. The fourth-order valence-corrected chi connectivity index (χ4v) is 14.8. The minimum atomic E-state index is -0.738. The molecule has 3 aromatic rings. The van der Waals surface area contributed by atoms with Crippen LogP contribution in [0.2, 0.25) is 0 Å². The number of benzene rings is 3. The van der Waals surface area contributed by atoms with Gasteiger partial charge in [0.25, 0.3) is 0 Å². The summed E-state index contributed by atoms with van der Waals surface area (Å²) in [5, 5.41) is 17.7. The summed E-state index contributed by atoms with van der Waals surface area (Å²) < 4.78 is 22.8. The van der Waals surface area contributed by atoms with Crippen molar-refractivity contribution < 1.29 is 57.9 Å². The van der Waals surface area contributed by atoms with Crippen molar-refractivity contribution in [2.45, 2.75) is 434 Å². The number of aliphatic carboxylic acids is 1. The van der Waals surface area contributed by atoms with Gasteiger partial charge in [0.1, 0.15) is 12.4 Å². The number of carbonyl (C=O) groups is 6. The van der Waals surface area contributed by atoms with E-state index in [1.165, 1.54) is 237 Å². The Morgan fingerprint density at radius 1 is 0.319 bits per heavy atom. The maximum Gasteiger partial charge on any atom is 0.306 e. The molecule has 0 saturated carbocycles. The lowest BCUT2D eigenvalue weighted by atomic mass is 9.95. The number of aliphatic hydroxyl groups excluding tert-OH is 1. The molecule has 15 nitrogen and oxygen atoms in total. The zero-order valence-electron chi connectivity index (χ0n) is 77.3. The normalized spacial score (nSPS) is 11.7. The number of aryl methyl sites for hydroxylation is 1. The molecule has 16 heteroatoms. The number of hydrogen-bond acceptors (Lipinski definition) is 14. The van der Waals surface area contributed by atoms with Gasteiger partial charge in [-0.25, -0.2) is 0 Å². The van der Waals surface area contributed by atoms with E-state index < -0.39 is 5.97 Å². The summed E-state index contributed by atoms with van der Waals surface area (Å²) in [6.45, 7) is 20.0. The van der Waals surface area contributed by atoms with Crippen molar-refractivity contribution >= 4 is 51.6 Å². The quantitative estimate of drug-likeness (QED) is 0.0178. The van der Waals surface area contributed by atoms with Crippen molar-refractivity contribution in [1.82, 2.24) is 4.90 Å². The summed E-state index contributed by atoms with van der Waals surface area (Å²) in [7, 11) is 0. The van der Waals surface area contributed by atoms with Crippen LogP contribution in [0.5, 0.6) is 0 Å². The van der Waals surface area contributed by atoms with Crippen LogP contribution in [-0.2, 0) is 67.3 Å². The third kappa shape index (κ3) is 86.3. The third-order valence-electron chi connectivity index (χ3n) is 22.1. The zero-order valence-corrected chi connectivity index (χ0v) is 78.9.